The largest absolute Gasteiger partial charge is 0.469 e. The third-order valence-electron chi connectivity index (χ3n) is 12.9. The molecule has 0 bridgehead atoms. The Morgan fingerprint density at radius 1 is 1.00 bits per heavy atom. The molecule has 5 rings (SSSR count). The summed E-state index contributed by atoms with van der Waals surface area (Å²) in [7, 11) is 1.50. The van der Waals surface area contributed by atoms with E-state index in [-0.39, 0.29) is 12.1 Å². The predicted octanol–water partition coefficient (Wildman–Crippen LogP) is 6.73. The molecule has 3 N–H and O–H groups in total. The molecule has 0 saturated heterocycles. The zero-order valence-electron chi connectivity index (χ0n) is 26.4. The lowest BCUT2D eigenvalue weighted by molar-refractivity contribution is -0.167. The van der Waals surface area contributed by atoms with Crippen molar-refractivity contribution >= 4 is 5.97 Å². The number of aliphatic hydroxyl groups is 1. The lowest BCUT2D eigenvalue weighted by Crippen LogP contribution is -2.59. The fourth-order valence-electron chi connectivity index (χ4n) is 10.5. The number of aliphatic hydroxyl groups excluding tert-OH is 1. The van der Waals surface area contributed by atoms with Gasteiger partial charge in [0.15, 0.2) is 0 Å². The lowest BCUT2D eigenvalue weighted by Gasteiger charge is -2.62. The van der Waals surface area contributed by atoms with Crippen molar-refractivity contribution in [2.45, 2.75) is 117 Å². The van der Waals surface area contributed by atoms with Gasteiger partial charge in [-0.1, -0.05) is 51.1 Å². The number of benzene rings is 1. The molecule has 230 valence electrons. The summed E-state index contributed by atoms with van der Waals surface area (Å²) in [4.78, 5) is 11.8. The van der Waals surface area contributed by atoms with E-state index in [1.54, 1.807) is 0 Å². The molecular weight excluding hydrogens is 508 g/mol. The van der Waals surface area contributed by atoms with Gasteiger partial charge >= 0.3 is 5.97 Å². The zero-order chi connectivity index (χ0) is 29.0. The van der Waals surface area contributed by atoms with Gasteiger partial charge in [-0.3, -0.25) is 4.79 Å². The molecule has 0 amide bonds. The van der Waals surface area contributed by atoms with Gasteiger partial charge in [-0.25, -0.2) is 0 Å². The van der Waals surface area contributed by atoms with Crippen LogP contribution >= 0.6 is 0 Å². The maximum absolute atomic E-state index is 11.8. The SMILES string of the molecule is COC(=O)CC[C@@H](C)[C@H]1CCC2C3C(O)C[C@H]4C[C@H](NCCCCNCc5ccccc5)CC[C@]4(C)C3CC[C@@]21C. The number of hydrogen-bond donors (Lipinski definition) is 3. The summed E-state index contributed by atoms with van der Waals surface area (Å²) >= 11 is 0. The van der Waals surface area contributed by atoms with Crippen LogP contribution in [0.25, 0.3) is 0 Å². The quantitative estimate of drug-likeness (QED) is 0.193. The summed E-state index contributed by atoms with van der Waals surface area (Å²) < 4.78 is 4.93. The van der Waals surface area contributed by atoms with Crippen molar-refractivity contribution in [3.63, 3.8) is 0 Å². The molecule has 10 atom stereocenters. The summed E-state index contributed by atoms with van der Waals surface area (Å²) in [6.07, 6.45) is 13.6. The van der Waals surface area contributed by atoms with Gasteiger partial charge in [0, 0.05) is 19.0 Å². The van der Waals surface area contributed by atoms with Crippen LogP contribution in [0.1, 0.15) is 103 Å². The van der Waals surface area contributed by atoms with E-state index in [4.69, 9.17) is 4.74 Å². The molecule has 0 heterocycles. The van der Waals surface area contributed by atoms with E-state index in [1.165, 1.54) is 70.5 Å². The summed E-state index contributed by atoms with van der Waals surface area (Å²) in [5.41, 5.74) is 2.03. The molecule has 4 saturated carbocycles. The van der Waals surface area contributed by atoms with Crippen molar-refractivity contribution < 1.29 is 14.6 Å². The minimum atomic E-state index is -0.152. The average molecular weight is 567 g/mol. The van der Waals surface area contributed by atoms with E-state index in [9.17, 15) is 9.90 Å². The first-order chi connectivity index (χ1) is 19.8. The third-order valence-corrected chi connectivity index (χ3v) is 12.9. The van der Waals surface area contributed by atoms with Crippen LogP contribution < -0.4 is 10.6 Å². The van der Waals surface area contributed by atoms with E-state index in [0.29, 0.717) is 58.8 Å². The highest BCUT2D eigenvalue weighted by molar-refractivity contribution is 5.69. The van der Waals surface area contributed by atoms with Gasteiger partial charge in [0.05, 0.1) is 13.2 Å². The molecule has 4 aliphatic carbocycles. The number of esters is 1. The zero-order valence-corrected chi connectivity index (χ0v) is 26.4. The van der Waals surface area contributed by atoms with Gasteiger partial charge < -0.3 is 20.5 Å². The van der Waals surface area contributed by atoms with Gasteiger partial charge in [0.1, 0.15) is 0 Å². The fourth-order valence-corrected chi connectivity index (χ4v) is 10.5. The number of nitrogens with one attached hydrogen (secondary N) is 2. The molecule has 0 aliphatic heterocycles. The van der Waals surface area contributed by atoms with Gasteiger partial charge in [0.25, 0.3) is 0 Å². The second-order valence-corrected chi connectivity index (χ2v) is 14.9. The average Bonchev–Trinajstić information content (AvgIpc) is 3.33. The smallest absolute Gasteiger partial charge is 0.305 e. The van der Waals surface area contributed by atoms with E-state index in [1.807, 2.05) is 0 Å². The second kappa shape index (κ2) is 13.5. The number of ether oxygens (including phenoxy) is 1. The van der Waals surface area contributed by atoms with Crippen LogP contribution in [0.3, 0.4) is 0 Å². The van der Waals surface area contributed by atoms with Crippen LogP contribution in [0.4, 0.5) is 0 Å². The highest BCUT2D eigenvalue weighted by atomic mass is 16.5. The molecule has 4 unspecified atom stereocenters. The van der Waals surface area contributed by atoms with Gasteiger partial charge in [-0.15, -0.1) is 0 Å². The first-order valence-electron chi connectivity index (χ1n) is 17.0. The highest BCUT2D eigenvalue weighted by Gasteiger charge is 2.62. The Balaban J connectivity index is 1.10. The second-order valence-electron chi connectivity index (χ2n) is 14.9. The van der Waals surface area contributed by atoms with Crippen molar-refractivity contribution in [3.05, 3.63) is 35.9 Å². The molecule has 41 heavy (non-hydrogen) atoms. The van der Waals surface area contributed by atoms with Gasteiger partial charge in [-0.2, -0.15) is 0 Å². The Morgan fingerprint density at radius 2 is 1.73 bits per heavy atom. The van der Waals surface area contributed by atoms with Gasteiger partial charge in [0.2, 0.25) is 0 Å². The Bertz CT molecular complexity index is 986. The normalized spacial score (nSPS) is 38.9. The Morgan fingerprint density at radius 3 is 2.51 bits per heavy atom. The van der Waals surface area contributed by atoms with E-state index in [2.05, 4.69) is 61.7 Å². The monoisotopic (exact) mass is 566 g/mol. The summed E-state index contributed by atoms with van der Waals surface area (Å²) in [5, 5.41) is 19.2. The van der Waals surface area contributed by atoms with Crippen molar-refractivity contribution in [3.8, 4) is 0 Å². The molecule has 0 aromatic heterocycles. The number of unbranched alkanes of at least 4 members (excludes halogenated alkanes) is 1. The van der Waals surface area contributed by atoms with Crippen molar-refractivity contribution in [2.75, 3.05) is 20.2 Å². The van der Waals surface area contributed by atoms with E-state index in [0.717, 1.165) is 32.5 Å². The number of rotatable bonds is 12. The van der Waals surface area contributed by atoms with Crippen LogP contribution in [0.15, 0.2) is 30.3 Å². The van der Waals surface area contributed by atoms with Crippen molar-refractivity contribution in [1.29, 1.82) is 0 Å². The topological polar surface area (TPSA) is 70.6 Å². The predicted molar refractivity (Wildman–Crippen MR) is 166 cm³/mol. The van der Waals surface area contributed by atoms with Crippen LogP contribution in [0, 0.1) is 46.3 Å². The summed E-state index contributed by atoms with van der Waals surface area (Å²) in [5.74, 6) is 3.50. The summed E-state index contributed by atoms with van der Waals surface area (Å²) in [6, 6.07) is 11.3. The highest BCUT2D eigenvalue weighted by Crippen LogP contribution is 2.68. The van der Waals surface area contributed by atoms with Crippen molar-refractivity contribution in [2.24, 2.45) is 46.3 Å². The minimum absolute atomic E-state index is 0.0807. The molecule has 4 aliphatic rings. The van der Waals surface area contributed by atoms with E-state index >= 15 is 0 Å². The van der Waals surface area contributed by atoms with Crippen LogP contribution in [-0.4, -0.2) is 43.4 Å². The first kappa shape index (κ1) is 31.0. The third kappa shape index (κ3) is 6.58. The fraction of sp³-hybridized carbons (Fsp3) is 0.806. The molecule has 5 heteroatoms. The number of carbonyl (C=O) groups is 1. The van der Waals surface area contributed by atoms with Gasteiger partial charge in [-0.05, 0) is 136 Å². The number of carbonyl (C=O) groups excluding carboxylic acids is 1. The minimum Gasteiger partial charge on any atom is -0.469 e. The molecule has 1 aromatic rings. The van der Waals surface area contributed by atoms with Crippen LogP contribution in [0.5, 0.6) is 0 Å². The molecule has 4 fully saturated rings. The lowest BCUT2D eigenvalue weighted by atomic mass is 9.43. The Hall–Kier alpha value is -1.43. The number of fused-ring (bicyclic) bond motifs is 5. The molecule has 5 nitrogen and oxygen atoms in total. The standard InChI is InChI=1S/C36H58N2O3/c1-25(12-15-33(40)41-4)29-13-14-30-34-31(17-19-36(29,30)3)35(2)18-16-28(22-27(35)23-32(34)39)38-21-9-8-20-37-24-26-10-6-5-7-11-26/h5-7,10-11,25,27-32,34,37-39H,8-9,12-24H2,1-4H3/t25-,27-,28-,29-,30?,31?,32?,34?,35+,36-/m1/s1. The van der Waals surface area contributed by atoms with Crippen LogP contribution in [-0.2, 0) is 16.1 Å². The molecular formula is C36H58N2O3. The van der Waals surface area contributed by atoms with E-state index < -0.39 is 0 Å². The number of hydrogen-bond acceptors (Lipinski definition) is 5. The van der Waals surface area contributed by atoms with Crippen LogP contribution in [0.2, 0.25) is 0 Å². The Labute approximate surface area is 250 Å². The molecule has 0 radical (unpaired) electrons. The Kier molecular flexibility index (Phi) is 10.2. The summed E-state index contributed by atoms with van der Waals surface area (Å²) in [6.45, 7) is 10.6. The number of methoxy groups -OCH3 is 1. The first-order valence-corrected chi connectivity index (χ1v) is 17.0. The molecule has 1 aromatic carbocycles. The maximum Gasteiger partial charge on any atom is 0.305 e. The maximum atomic E-state index is 11.8. The molecule has 0 spiro atoms. The van der Waals surface area contributed by atoms with Crippen molar-refractivity contribution in [1.82, 2.24) is 10.6 Å².